The fourth-order valence-corrected chi connectivity index (χ4v) is 1.57. The van der Waals surface area contributed by atoms with E-state index >= 15 is 0 Å². The number of nitrogens with one attached hydrogen (secondary N) is 1. The number of anilines is 3. The maximum Gasteiger partial charge on any atom is 0.339 e. The van der Waals surface area contributed by atoms with Gasteiger partial charge in [-0.15, -0.1) is 0 Å². The monoisotopic (exact) mass is 272 g/mol. The molecule has 0 aliphatic heterocycles. The summed E-state index contributed by atoms with van der Waals surface area (Å²) < 4.78 is 13.2. The average molecular weight is 272 g/mol. The zero-order valence-corrected chi connectivity index (χ0v) is 10.1. The number of carboxylic acid groups (broad SMARTS) is 1. The largest absolute Gasteiger partial charge is 0.478 e. The lowest BCUT2D eigenvalue weighted by atomic mass is 10.2. The highest BCUT2D eigenvalue weighted by atomic mass is 19.1. The zero-order chi connectivity index (χ0) is 14.7. The standard InChI is InChI=1S/C13H9FN4O2/c14-11-2-1-9(3-7(11)5-15)18-12-10(13(19)20)4-8(16)6-17-12/h1-4,6H,16H2,(H,17,18)(H,19,20). The Hall–Kier alpha value is -3.14. The van der Waals surface area contributed by atoms with Crippen LogP contribution in [-0.4, -0.2) is 16.1 Å². The fourth-order valence-electron chi connectivity index (χ4n) is 1.57. The molecule has 0 radical (unpaired) electrons. The van der Waals surface area contributed by atoms with E-state index in [0.29, 0.717) is 5.69 Å². The average Bonchev–Trinajstić information content (AvgIpc) is 2.42. The van der Waals surface area contributed by atoms with Crippen molar-refractivity contribution in [3.63, 3.8) is 0 Å². The number of nitriles is 1. The van der Waals surface area contributed by atoms with Crippen LogP contribution < -0.4 is 11.1 Å². The predicted octanol–water partition coefficient (Wildman–Crippen LogP) is 2.12. The zero-order valence-electron chi connectivity index (χ0n) is 10.1. The Balaban J connectivity index is 2.40. The van der Waals surface area contributed by atoms with Gasteiger partial charge in [-0.25, -0.2) is 14.2 Å². The van der Waals surface area contributed by atoms with Gasteiger partial charge in [-0.3, -0.25) is 0 Å². The molecule has 4 N–H and O–H groups in total. The van der Waals surface area contributed by atoms with E-state index in [1.165, 1.54) is 24.4 Å². The van der Waals surface area contributed by atoms with E-state index in [1.807, 2.05) is 0 Å². The van der Waals surface area contributed by atoms with Gasteiger partial charge >= 0.3 is 5.97 Å². The van der Waals surface area contributed by atoms with Gasteiger partial charge in [-0.1, -0.05) is 0 Å². The molecule has 6 nitrogen and oxygen atoms in total. The molecule has 0 saturated heterocycles. The van der Waals surface area contributed by atoms with Crippen LogP contribution in [-0.2, 0) is 0 Å². The molecular formula is C13H9FN4O2. The number of hydrogen-bond donors (Lipinski definition) is 3. The van der Waals surface area contributed by atoms with Crippen molar-refractivity contribution in [1.82, 2.24) is 4.98 Å². The van der Waals surface area contributed by atoms with Gasteiger partial charge < -0.3 is 16.2 Å². The van der Waals surface area contributed by atoms with E-state index in [4.69, 9.17) is 16.1 Å². The first-order chi connectivity index (χ1) is 9.51. The number of aromatic carboxylic acids is 1. The van der Waals surface area contributed by atoms with Crippen LogP contribution in [0.25, 0.3) is 0 Å². The van der Waals surface area contributed by atoms with Gasteiger partial charge in [-0.2, -0.15) is 5.26 Å². The molecule has 0 spiro atoms. The van der Waals surface area contributed by atoms with Crippen molar-refractivity contribution in [2.75, 3.05) is 11.1 Å². The molecule has 0 aliphatic rings. The number of halogens is 1. The van der Waals surface area contributed by atoms with Crippen molar-refractivity contribution in [2.24, 2.45) is 0 Å². The summed E-state index contributed by atoms with van der Waals surface area (Å²) >= 11 is 0. The van der Waals surface area contributed by atoms with Gasteiger partial charge in [0.15, 0.2) is 0 Å². The highest BCUT2D eigenvalue weighted by Gasteiger charge is 2.13. The summed E-state index contributed by atoms with van der Waals surface area (Å²) in [5.74, 6) is -1.79. The second-order valence-corrected chi connectivity index (χ2v) is 3.90. The predicted molar refractivity (Wildman–Crippen MR) is 70.0 cm³/mol. The quantitative estimate of drug-likeness (QED) is 0.788. The van der Waals surface area contributed by atoms with Crippen molar-refractivity contribution in [3.05, 3.63) is 47.4 Å². The van der Waals surface area contributed by atoms with Crippen LogP contribution in [0.2, 0.25) is 0 Å². The Bertz CT molecular complexity index is 725. The molecule has 0 bridgehead atoms. The lowest BCUT2D eigenvalue weighted by Crippen LogP contribution is -2.06. The number of hydrogen-bond acceptors (Lipinski definition) is 5. The Morgan fingerprint density at radius 3 is 2.85 bits per heavy atom. The maximum atomic E-state index is 13.2. The van der Waals surface area contributed by atoms with Crippen molar-refractivity contribution in [2.45, 2.75) is 0 Å². The lowest BCUT2D eigenvalue weighted by Gasteiger charge is -2.09. The van der Waals surface area contributed by atoms with Crippen LogP contribution in [0.3, 0.4) is 0 Å². The normalized spacial score (nSPS) is 9.80. The molecule has 0 unspecified atom stereocenters. The van der Waals surface area contributed by atoms with Gasteiger partial charge in [0, 0.05) is 5.69 Å². The number of rotatable bonds is 3. The van der Waals surface area contributed by atoms with E-state index in [-0.39, 0.29) is 22.6 Å². The van der Waals surface area contributed by atoms with Crippen LogP contribution in [0.15, 0.2) is 30.5 Å². The van der Waals surface area contributed by atoms with Gasteiger partial charge in [-0.05, 0) is 24.3 Å². The van der Waals surface area contributed by atoms with Crippen molar-refractivity contribution >= 4 is 23.2 Å². The molecule has 0 fully saturated rings. The summed E-state index contributed by atoms with van der Waals surface area (Å²) in [4.78, 5) is 15.0. The smallest absolute Gasteiger partial charge is 0.339 e. The van der Waals surface area contributed by atoms with Crippen LogP contribution in [0.5, 0.6) is 0 Å². The summed E-state index contributed by atoms with van der Waals surface area (Å²) in [6, 6.07) is 6.70. The van der Waals surface area contributed by atoms with E-state index in [2.05, 4.69) is 10.3 Å². The van der Waals surface area contributed by atoms with Crippen LogP contribution >= 0.6 is 0 Å². The molecule has 7 heteroatoms. The van der Waals surface area contributed by atoms with Gasteiger partial charge in [0.25, 0.3) is 0 Å². The minimum atomic E-state index is -1.20. The second-order valence-electron chi connectivity index (χ2n) is 3.90. The highest BCUT2D eigenvalue weighted by molar-refractivity contribution is 5.94. The summed E-state index contributed by atoms with van der Waals surface area (Å²) in [7, 11) is 0. The molecule has 0 atom stereocenters. The summed E-state index contributed by atoms with van der Waals surface area (Å²) in [6.07, 6.45) is 1.30. The molecule has 2 rings (SSSR count). The molecule has 1 aromatic carbocycles. The topological polar surface area (TPSA) is 112 Å². The number of nitrogens with two attached hydrogens (primary N) is 1. The second kappa shape index (κ2) is 5.24. The van der Waals surface area contributed by atoms with Crippen molar-refractivity contribution in [3.8, 4) is 6.07 Å². The molecular weight excluding hydrogens is 263 g/mol. The Labute approximate surface area is 113 Å². The Morgan fingerprint density at radius 1 is 1.45 bits per heavy atom. The number of nitrogen functional groups attached to an aromatic ring is 1. The molecule has 20 heavy (non-hydrogen) atoms. The lowest BCUT2D eigenvalue weighted by molar-refractivity contribution is 0.0697. The van der Waals surface area contributed by atoms with E-state index < -0.39 is 11.8 Å². The third-order valence-electron chi connectivity index (χ3n) is 2.49. The fraction of sp³-hybridized carbons (Fsp3) is 0. The van der Waals surface area contributed by atoms with E-state index in [0.717, 1.165) is 6.07 Å². The SMILES string of the molecule is N#Cc1cc(Nc2ncc(N)cc2C(=O)O)ccc1F. The third kappa shape index (κ3) is 2.64. The number of aromatic nitrogens is 1. The van der Waals surface area contributed by atoms with Crippen LogP contribution in [0.1, 0.15) is 15.9 Å². The first kappa shape index (κ1) is 13.3. The Kier molecular flexibility index (Phi) is 3.48. The number of nitrogens with zero attached hydrogens (tertiary/aromatic N) is 2. The first-order valence-electron chi connectivity index (χ1n) is 5.46. The Morgan fingerprint density at radius 2 is 2.20 bits per heavy atom. The maximum absolute atomic E-state index is 13.2. The number of carboxylic acids is 1. The number of pyridine rings is 1. The minimum absolute atomic E-state index is 0.0576. The van der Waals surface area contributed by atoms with Gasteiger partial charge in [0.2, 0.25) is 0 Å². The molecule has 0 amide bonds. The van der Waals surface area contributed by atoms with Crippen LogP contribution in [0, 0.1) is 17.1 Å². The highest BCUT2D eigenvalue weighted by Crippen LogP contribution is 2.22. The van der Waals surface area contributed by atoms with E-state index in [9.17, 15) is 9.18 Å². The molecule has 2 aromatic rings. The summed E-state index contributed by atoms with van der Waals surface area (Å²) in [6.45, 7) is 0. The number of carbonyl (C=O) groups is 1. The molecule has 1 heterocycles. The molecule has 0 aliphatic carbocycles. The van der Waals surface area contributed by atoms with Crippen molar-refractivity contribution < 1.29 is 14.3 Å². The van der Waals surface area contributed by atoms with Gasteiger partial charge in [0.1, 0.15) is 23.3 Å². The molecule has 1 aromatic heterocycles. The van der Waals surface area contributed by atoms with Crippen LogP contribution in [0.4, 0.5) is 21.6 Å². The van der Waals surface area contributed by atoms with E-state index in [1.54, 1.807) is 6.07 Å². The van der Waals surface area contributed by atoms with Crippen molar-refractivity contribution in [1.29, 1.82) is 5.26 Å². The molecule has 0 saturated carbocycles. The number of benzene rings is 1. The minimum Gasteiger partial charge on any atom is -0.478 e. The summed E-state index contributed by atoms with van der Waals surface area (Å²) in [5, 5.41) is 20.5. The first-order valence-corrected chi connectivity index (χ1v) is 5.46. The third-order valence-corrected chi connectivity index (χ3v) is 2.49. The molecule has 100 valence electrons. The summed E-state index contributed by atoms with van der Waals surface area (Å²) in [5.41, 5.74) is 5.77. The van der Waals surface area contributed by atoms with Gasteiger partial charge in [0.05, 0.1) is 17.4 Å².